The van der Waals surface area contributed by atoms with E-state index >= 15 is 0 Å². The summed E-state index contributed by atoms with van der Waals surface area (Å²) in [6.07, 6.45) is -1.77. The highest BCUT2D eigenvalue weighted by molar-refractivity contribution is 4.82. The van der Waals surface area contributed by atoms with Gasteiger partial charge in [-0.15, -0.1) is 0 Å². The van der Waals surface area contributed by atoms with Crippen LogP contribution < -0.4 is 5.32 Å². The molecule has 6 heteroatoms. The minimum absolute atomic E-state index is 0.0981. The average Bonchev–Trinajstić information content (AvgIpc) is 2.22. The van der Waals surface area contributed by atoms with E-state index in [0.29, 0.717) is 12.5 Å². The van der Waals surface area contributed by atoms with Gasteiger partial charge in [-0.25, -0.2) is 0 Å². The normalized spacial score (nSPS) is 27.4. The van der Waals surface area contributed by atoms with Crippen molar-refractivity contribution in [2.75, 3.05) is 33.3 Å². The van der Waals surface area contributed by atoms with Crippen LogP contribution in [-0.4, -0.2) is 55.5 Å². The average molecular weight is 254 g/mol. The van der Waals surface area contributed by atoms with Gasteiger partial charge in [0.2, 0.25) is 0 Å². The van der Waals surface area contributed by atoms with E-state index in [1.54, 1.807) is 0 Å². The summed E-state index contributed by atoms with van der Waals surface area (Å²) in [5.41, 5.74) is 0. The molecule has 0 radical (unpaired) electrons. The predicted molar refractivity (Wildman–Crippen MR) is 59.8 cm³/mol. The van der Waals surface area contributed by atoms with Crippen molar-refractivity contribution in [2.45, 2.75) is 31.5 Å². The van der Waals surface area contributed by atoms with Crippen LogP contribution in [0.1, 0.15) is 19.3 Å². The first kappa shape index (κ1) is 14.7. The summed E-state index contributed by atoms with van der Waals surface area (Å²) in [7, 11) is 1.92. The number of alkyl halides is 3. The number of likely N-dealkylation sites (tertiary alicyclic amines) is 1. The number of aliphatic hydroxyl groups is 1. The molecule has 0 spiro atoms. The number of piperidine rings is 1. The molecule has 2 N–H and O–H groups in total. The number of rotatable bonds is 5. The van der Waals surface area contributed by atoms with Crippen molar-refractivity contribution in [1.82, 2.24) is 10.2 Å². The number of nitrogens with one attached hydrogen (secondary N) is 1. The van der Waals surface area contributed by atoms with Crippen LogP contribution in [0.25, 0.3) is 0 Å². The largest absolute Gasteiger partial charge is 0.401 e. The molecule has 0 aromatic rings. The van der Waals surface area contributed by atoms with Crippen molar-refractivity contribution < 1.29 is 18.3 Å². The molecule has 102 valence electrons. The number of hydrogen-bond donors (Lipinski definition) is 2. The maximum Gasteiger partial charge on any atom is 0.401 e. The van der Waals surface area contributed by atoms with Crippen molar-refractivity contribution in [2.24, 2.45) is 5.92 Å². The third kappa shape index (κ3) is 6.24. The van der Waals surface area contributed by atoms with E-state index in [2.05, 4.69) is 10.2 Å². The van der Waals surface area contributed by atoms with Gasteiger partial charge in [-0.3, -0.25) is 0 Å². The molecule has 17 heavy (non-hydrogen) atoms. The van der Waals surface area contributed by atoms with Crippen LogP contribution in [0.15, 0.2) is 0 Å². The van der Waals surface area contributed by atoms with Gasteiger partial charge in [-0.1, -0.05) is 0 Å². The van der Waals surface area contributed by atoms with E-state index in [1.807, 2.05) is 7.05 Å². The van der Waals surface area contributed by atoms with Crippen molar-refractivity contribution >= 4 is 0 Å². The topological polar surface area (TPSA) is 35.5 Å². The van der Waals surface area contributed by atoms with Crippen LogP contribution in [0, 0.1) is 5.92 Å². The van der Waals surface area contributed by atoms with E-state index in [4.69, 9.17) is 5.11 Å². The SMILES string of the molecule is CN1CC(CCCO)CC(NCC(F)(F)F)C1. The molecule has 1 saturated heterocycles. The van der Waals surface area contributed by atoms with Gasteiger partial charge in [0.25, 0.3) is 0 Å². The molecule has 1 aliphatic rings. The van der Waals surface area contributed by atoms with E-state index in [0.717, 1.165) is 25.8 Å². The Morgan fingerprint density at radius 3 is 2.65 bits per heavy atom. The van der Waals surface area contributed by atoms with Crippen LogP contribution in [0.2, 0.25) is 0 Å². The van der Waals surface area contributed by atoms with Crippen LogP contribution in [0.5, 0.6) is 0 Å². The predicted octanol–water partition coefficient (Wildman–Crippen LogP) is 1.23. The quantitative estimate of drug-likeness (QED) is 0.774. The first-order valence-corrected chi connectivity index (χ1v) is 6.00. The molecule has 0 saturated carbocycles. The molecular weight excluding hydrogens is 233 g/mol. The second-order valence-electron chi connectivity index (χ2n) is 4.88. The summed E-state index contributed by atoms with van der Waals surface area (Å²) >= 11 is 0. The van der Waals surface area contributed by atoms with Gasteiger partial charge in [-0.05, 0) is 32.2 Å². The smallest absolute Gasteiger partial charge is 0.396 e. The van der Waals surface area contributed by atoms with E-state index in [9.17, 15) is 13.2 Å². The third-order valence-corrected chi connectivity index (χ3v) is 3.08. The first-order valence-electron chi connectivity index (χ1n) is 6.00. The highest BCUT2D eigenvalue weighted by atomic mass is 19.4. The van der Waals surface area contributed by atoms with Gasteiger partial charge in [-0.2, -0.15) is 13.2 Å². The number of nitrogens with zero attached hydrogens (tertiary/aromatic N) is 1. The third-order valence-electron chi connectivity index (χ3n) is 3.08. The lowest BCUT2D eigenvalue weighted by molar-refractivity contribution is -0.127. The van der Waals surface area contributed by atoms with Gasteiger partial charge >= 0.3 is 6.18 Å². The molecule has 2 unspecified atom stereocenters. The van der Waals surface area contributed by atoms with Gasteiger partial charge in [0.05, 0.1) is 6.54 Å². The highest BCUT2D eigenvalue weighted by Gasteiger charge is 2.31. The summed E-state index contributed by atoms with van der Waals surface area (Å²) in [4.78, 5) is 2.06. The standard InChI is InChI=1S/C11H21F3N2O/c1-16-6-9(3-2-4-17)5-10(7-16)15-8-11(12,13)14/h9-10,15,17H,2-8H2,1H3. The zero-order valence-corrected chi connectivity index (χ0v) is 10.1. The molecule has 0 amide bonds. The summed E-state index contributed by atoms with van der Waals surface area (Å²) < 4.78 is 36.3. The summed E-state index contributed by atoms with van der Waals surface area (Å²) in [6, 6.07) is -0.0981. The number of halogens is 3. The van der Waals surface area contributed by atoms with Gasteiger partial charge < -0.3 is 15.3 Å². The second kappa shape index (κ2) is 6.56. The summed E-state index contributed by atoms with van der Waals surface area (Å²) in [5, 5.41) is 11.3. The molecule has 0 bridgehead atoms. The number of hydrogen-bond acceptors (Lipinski definition) is 3. The zero-order valence-electron chi connectivity index (χ0n) is 10.1. The molecule has 2 atom stereocenters. The maximum absolute atomic E-state index is 12.1. The fourth-order valence-electron chi connectivity index (χ4n) is 2.44. The Morgan fingerprint density at radius 2 is 2.06 bits per heavy atom. The van der Waals surface area contributed by atoms with E-state index in [-0.39, 0.29) is 12.6 Å². The van der Waals surface area contributed by atoms with Crippen molar-refractivity contribution in [3.8, 4) is 0 Å². The second-order valence-corrected chi connectivity index (χ2v) is 4.88. The zero-order chi connectivity index (χ0) is 12.9. The summed E-state index contributed by atoms with van der Waals surface area (Å²) in [5.74, 6) is 0.381. The monoisotopic (exact) mass is 254 g/mol. The van der Waals surface area contributed by atoms with Gasteiger partial charge in [0.15, 0.2) is 0 Å². The van der Waals surface area contributed by atoms with E-state index < -0.39 is 12.7 Å². The van der Waals surface area contributed by atoms with Crippen molar-refractivity contribution in [3.05, 3.63) is 0 Å². The lowest BCUT2D eigenvalue weighted by Crippen LogP contribution is -2.49. The van der Waals surface area contributed by atoms with Crippen LogP contribution in [0.4, 0.5) is 13.2 Å². The Bertz CT molecular complexity index is 223. The maximum atomic E-state index is 12.1. The Balaban J connectivity index is 2.34. The van der Waals surface area contributed by atoms with Gasteiger partial charge in [0, 0.05) is 25.7 Å². The Labute approximate surface area is 100.0 Å². The molecule has 3 nitrogen and oxygen atoms in total. The minimum atomic E-state index is -4.14. The van der Waals surface area contributed by atoms with Crippen LogP contribution in [0.3, 0.4) is 0 Å². The first-order chi connectivity index (χ1) is 7.90. The molecule has 1 fully saturated rings. The summed E-state index contributed by atoms with van der Waals surface area (Å²) in [6.45, 7) is 0.801. The fourth-order valence-corrected chi connectivity index (χ4v) is 2.44. The number of likely N-dealkylation sites (N-methyl/N-ethyl adjacent to an activating group) is 1. The molecule has 0 aliphatic carbocycles. The fraction of sp³-hybridized carbons (Fsp3) is 1.00. The Kier molecular flexibility index (Phi) is 5.69. The molecule has 1 aliphatic heterocycles. The minimum Gasteiger partial charge on any atom is -0.396 e. The van der Waals surface area contributed by atoms with E-state index in [1.165, 1.54) is 0 Å². The van der Waals surface area contributed by atoms with Crippen molar-refractivity contribution in [3.63, 3.8) is 0 Å². The highest BCUT2D eigenvalue weighted by Crippen LogP contribution is 2.21. The lowest BCUT2D eigenvalue weighted by atomic mass is 9.91. The molecule has 0 aromatic heterocycles. The molecule has 0 aromatic carbocycles. The van der Waals surface area contributed by atoms with Gasteiger partial charge in [0.1, 0.15) is 0 Å². The lowest BCUT2D eigenvalue weighted by Gasteiger charge is -2.36. The molecule has 1 heterocycles. The van der Waals surface area contributed by atoms with Crippen LogP contribution >= 0.6 is 0 Å². The molecular formula is C11H21F3N2O. The Hall–Kier alpha value is -0.330. The van der Waals surface area contributed by atoms with Crippen LogP contribution in [-0.2, 0) is 0 Å². The van der Waals surface area contributed by atoms with Crippen molar-refractivity contribution in [1.29, 1.82) is 0 Å². The molecule has 1 rings (SSSR count). The Morgan fingerprint density at radius 1 is 1.35 bits per heavy atom. The number of aliphatic hydroxyl groups excluding tert-OH is 1.